The van der Waals surface area contributed by atoms with E-state index in [4.69, 9.17) is 4.52 Å². The fourth-order valence-corrected chi connectivity index (χ4v) is 1.01. The van der Waals surface area contributed by atoms with Crippen molar-refractivity contribution in [2.45, 2.75) is 33.7 Å². The van der Waals surface area contributed by atoms with Gasteiger partial charge in [0.15, 0.2) is 0 Å². The second-order valence-electron chi connectivity index (χ2n) is 4.47. The number of hydrogen-bond donors (Lipinski definition) is 1. The summed E-state index contributed by atoms with van der Waals surface area (Å²) in [6.45, 7) is 8.51. The minimum Gasteiger partial charge on any atom is -0.360 e. The van der Waals surface area contributed by atoms with Gasteiger partial charge in [-0.15, -0.1) is 0 Å². The number of hydrogen-bond acceptors (Lipinski definition) is 3. The Kier molecular flexibility index (Phi) is 3.48. The second kappa shape index (κ2) is 4.42. The Hall–Kier alpha value is -0.830. The van der Waals surface area contributed by atoms with Gasteiger partial charge in [0.1, 0.15) is 5.76 Å². The van der Waals surface area contributed by atoms with Crippen LogP contribution in [0.25, 0.3) is 0 Å². The van der Waals surface area contributed by atoms with Crippen molar-refractivity contribution in [3.05, 3.63) is 18.0 Å². The van der Waals surface area contributed by atoms with Crippen LogP contribution in [0.5, 0.6) is 0 Å². The van der Waals surface area contributed by atoms with Crippen LogP contribution in [0.4, 0.5) is 0 Å². The molecular formula is C10H18N2O. The van der Waals surface area contributed by atoms with Gasteiger partial charge in [-0.3, -0.25) is 0 Å². The molecule has 13 heavy (non-hydrogen) atoms. The van der Waals surface area contributed by atoms with E-state index in [0.717, 1.165) is 18.8 Å². The van der Waals surface area contributed by atoms with Crippen LogP contribution in [0.15, 0.2) is 16.8 Å². The molecule has 0 saturated heterocycles. The summed E-state index contributed by atoms with van der Waals surface area (Å²) in [6, 6.07) is 1.88. The first-order chi connectivity index (χ1) is 6.08. The maximum atomic E-state index is 4.95. The van der Waals surface area contributed by atoms with Gasteiger partial charge in [-0.05, 0) is 18.4 Å². The third kappa shape index (κ3) is 4.68. The molecule has 3 nitrogen and oxygen atoms in total. The van der Waals surface area contributed by atoms with Crippen molar-refractivity contribution in [2.24, 2.45) is 5.41 Å². The molecule has 0 radical (unpaired) electrons. The van der Waals surface area contributed by atoms with E-state index in [-0.39, 0.29) is 0 Å². The summed E-state index contributed by atoms with van der Waals surface area (Å²) in [5.74, 6) is 0.897. The van der Waals surface area contributed by atoms with Crippen molar-refractivity contribution < 1.29 is 4.52 Å². The molecule has 74 valence electrons. The van der Waals surface area contributed by atoms with Gasteiger partial charge in [-0.2, -0.15) is 0 Å². The van der Waals surface area contributed by atoms with Gasteiger partial charge in [-0.25, -0.2) is 0 Å². The van der Waals surface area contributed by atoms with E-state index in [2.05, 4.69) is 31.2 Å². The van der Waals surface area contributed by atoms with E-state index in [9.17, 15) is 0 Å². The van der Waals surface area contributed by atoms with E-state index in [1.807, 2.05) is 6.07 Å². The van der Waals surface area contributed by atoms with Crippen LogP contribution in [0.2, 0.25) is 0 Å². The molecule has 0 unspecified atom stereocenters. The van der Waals surface area contributed by atoms with Crippen molar-refractivity contribution >= 4 is 0 Å². The average molecular weight is 182 g/mol. The first kappa shape index (κ1) is 10.3. The number of aromatic nitrogens is 1. The highest BCUT2D eigenvalue weighted by atomic mass is 16.5. The van der Waals surface area contributed by atoms with E-state index in [0.29, 0.717) is 5.41 Å². The minimum absolute atomic E-state index is 0.397. The third-order valence-corrected chi connectivity index (χ3v) is 1.84. The molecule has 1 aromatic heterocycles. The molecule has 0 aliphatic carbocycles. The molecule has 0 bridgehead atoms. The van der Waals surface area contributed by atoms with Gasteiger partial charge in [0.2, 0.25) is 0 Å². The summed E-state index contributed by atoms with van der Waals surface area (Å²) in [7, 11) is 0. The molecule has 1 rings (SSSR count). The van der Waals surface area contributed by atoms with Crippen molar-refractivity contribution in [1.29, 1.82) is 0 Å². The minimum atomic E-state index is 0.397. The maximum absolute atomic E-state index is 4.95. The van der Waals surface area contributed by atoms with Crippen molar-refractivity contribution in [3.63, 3.8) is 0 Å². The summed E-state index contributed by atoms with van der Waals surface area (Å²) in [5, 5.41) is 6.95. The monoisotopic (exact) mass is 182 g/mol. The topological polar surface area (TPSA) is 38.1 Å². The molecule has 0 aromatic carbocycles. The zero-order valence-corrected chi connectivity index (χ0v) is 8.63. The van der Waals surface area contributed by atoms with Crippen molar-refractivity contribution in [2.75, 3.05) is 6.54 Å². The molecular weight excluding hydrogens is 164 g/mol. The SMILES string of the molecule is CC(C)(C)CCNCc1ccno1. The zero-order valence-electron chi connectivity index (χ0n) is 8.63. The molecule has 0 aliphatic rings. The first-order valence-corrected chi connectivity index (χ1v) is 4.68. The van der Waals surface area contributed by atoms with Crippen LogP contribution in [0.1, 0.15) is 33.0 Å². The molecule has 1 N–H and O–H groups in total. The summed E-state index contributed by atoms with van der Waals surface area (Å²) < 4.78 is 4.95. The zero-order chi connectivity index (χ0) is 9.73. The third-order valence-electron chi connectivity index (χ3n) is 1.84. The fraction of sp³-hybridized carbons (Fsp3) is 0.700. The molecule has 1 aromatic rings. The van der Waals surface area contributed by atoms with Gasteiger partial charge >= 0.3 is 0 Å². The van der Waals surface area contributed by atoms with E-state index in [1.54, 1.807) is 6.20 Å². The lowest BCUT2D eigenvalue weighted by Gasteiger charge is -2.17. The second-order valence-corrected chi connectivity index (χ2v) is 4.47. The number of nitrogens with zero attached hydrogens (tertiary/aromatic N) is 1. The lowest BCUT2D eigenvalue weighted by atomic mass is 9.92. The lowest BCUT2D eigenvalue weighted by Crippen LogP contribution is -2.19. The highest BCUT2D eigenvalue weighted by Gasteiger charge is 2.08. The predicted molar refractivity (Wildman–Crippen MR) is 52.3 cm³/mol. The van der Waals surface area contributed by atoms with Crippen molar-refractivity contribution in [1.82, 2.24) is 10.5 Å². The molecule has 0 atom stereocenters. The lowest BCUT2D eigenvalue weighted by molar-refractivity contribution is 0.346. The average Bonchev–Trinajstić information content (AvgIpc) is 2.48. The van der Waals surface area contributed by atoms with Gasteiger partial charge < -0.3 is 9.84 Å². The maximum Gasteiger partial charge on any atom is 0.150 e. The summed E-state index contributed by atoms with van der Waals surface area (Å²) in [5.41, 5.74) is 0.397. The highest BCUT2D eigenvalue weighted by Crippen LogP contribution is 2.16. The molecule has 0 fully saturated rings. The van der Waals surface area contributed by atoms with Crippen molar-refractivity contribution in [3.8, 4) is 0 Å². The van der Waals surface area contributed by atoms with Crippen LogP contribution >= 0.6 is 0 Å². The Bertz CT molecular complexity index is 224. The van der Waals surface area contributed by atoms with E-state index in [1.165, 1.54) is 6.42 Å². The van der Waals surface area contributed by atoms with Gasteiger partial charge in [-0.1, -0.05) is 25.9 Å². The fourth-order valence-electron chi connectivity index (χ4n) is 1.01. The van der Waals surface area contributed by atoms with Crippen LogP contribution in [-0.4, -0.2) is 11.7 Å². The van der Waals surface area contributed by atoms with Crippen LogP contribution in [-0.2, 0) is 6.54 Å². The Morgan fingerprint density at radius 1 is 1.46 bits per heavy atom. The summed E-state index contributed by atoms with van der Waals surface area (Å²) in [6.07, 6.45) is 2.84. The quantitative estimate of drug-likeness (QED) is 0.725. The normalized spacial score (nSPS) is 11.9. The van der Waals surface area contributed by atoms with Crippen LogP contribution in [0, 0.1) is 5.41 Å². The first-order valence-electron chi connectivity index (χ1n) is 4.68. The number of rotatable bonds is 4. The molecule has 0 spiro atoms. The van der Waals surface area contributed by atoms with E-state index >= 15 is 0 Å². The van der Waals surface area contributed by atoms with Gasteiger partial charge in [0.05, 0.1) is 12.7 Å². The smallest absolute Gasteiger partial charge is 0.150 e. The largest absolute Gasteiger partial charge is 0.360 e. The Labute approximate surface area is 79.5 Å². The number of nitrogens with one attached hydrogen (secondary N) is 1. The summed E-state index contributed by atoms with van der Waals surface area (Å²) >= 11 is 0. The molecule has 0 saturated carbocycles. The van der Waals surface area contributed by atoms with Crippen LogP contribution in [0.3, 0.4) is 0 Å². The standard InChI is InChI=1S/C10H18N2O/c1-10(2,3)5-7-11-8-9-4-6-12-13-9/h4,6,11H,5,7-8H2,1-3H3. The molecule has 0 aliphatic heterocycles. The summed E-state index contributed by atoms with van der Waals surface area (Å²) in [4.78, 5) is 0. The molecule has 3 heteroatoms. The Morgan fingerprint density at radius 3 is 2.77 bits per heavy atom. The van der Waals surface area contributed by atoms with E-state index < -0.39 is 0 Å². The van der Waals surface area contributed by atoms with Gasteiger partial charge in [0.25, 0.3) is 0 Å². The Morgan fingerprint density at radius 2 is 2.23 bits per heavy atom. The molecule has 1 heterocycles. The van der Waals surface area contributed by atoms with Crippen LogP contribution < -0.4 is 5.32 Å². The molecule has 0 amide bonds. The predicted octanol–water partition coefficient (Wildman–Crippen LogP) is 2.20. The van der Waals surface area contributed by atoms with Gasteiger partial charge in [0, 0.05) is 6.07 Å². The highest BCUT2D eigenvalue weighted by molar-refractivity contribution is 4.91. The Balaban J connectivity index is 2.09.